The van der Waals surface area contributed by atoms with Crippen molar-refractivity contribution in [3.8, 4) is 11.3 Å². The van der Waals surface area contributed by atoms with Crippen LogP contribution in [0, 0.1) is 12.3 Å². The van der Waals surface area contributed by atoms with Gasteiger partial charge in [-0.2, -0.15) is 0 Å². The number of carbonyl (C=O) groups is 2. The average molecular weight is 367 g/mol. The van der Waals surface area contributed by atoms with Gasteiger partial charge < -0.3 is 10.0 Å². The predicted octanol–water partition coefficient (Wildman–Crippen LogP) is 3.86. The number of aromatic carboxylic acids is 1. The number of rotatable bonds is 3. The van der Waals surface area contributed by atoms with E-state index < -0.39 is 11.4 Å². The number of carboxylic acids is 1. The highest BCUT2D eigenvalue weighted by molar-refractivity contribution is 5.89. The first kappa shape index (κ1) is 19.0. The first-order chi connectivity index (χ1) is 12.7. The van der Waals surface area contributed by atoms with Crippen LogP contribution in [0.1, 0.15) is 61.5 Å². The maximum absolute atomic E-state index is 12.8. The summed E-state index contributed by atoms with van der Waals surface area (Å²) in [6, 6.07) is 8.42. The van der Waals surface area contributed by atoms with Crippen molar-refractivity contribution < 1.29 is 14.7 Å². The zero-order valence-electron chi connectivity index (χ0n) is 16.2. The molecule has 1 atom stereocenters. The van der Waals surface area contributed by atoms with Crippen molar-refractivity contribution in [3.63, 3.8) is 0 Å². The first-order valence-corrected chi connectivity index (χ1v) is 9.17. The second-order valence-corrected chi connectivity index (χ2v) is 8.05. The maximum Gasteiger partial charge on any atom is 0.335 e. The molecule has 1 aromatic carbocycles. The first-order valence-electron chi connectivity index (χ1n) is 9.17. The molecule has 1 fully saturated rings. The lowest BCUT2D eigenvalue weighted by atomic mass is 9.94. The monoisotopic (exact) mass is 367 g/mol. The number of carbonyl (C=O) groups excluding carboxylic acids is 1. The van der Waals surface area contributed by atoms with Gasteiger partial charge in [-0.15, -0.1) is 0 Å². The highest BCUT2D eigenvalue weighted by Crippen LogP contribution is 2.34. The fourth-order valence-electron chi connectivity index (χ4n) is 3.41. The van der Waals surface area contributed by atoms with Crippen LogP contribution in [0.25, 0.3) is 11.3 Å². The molecule has 1 aromatic heterocycles. The number of hydrogen-bond acceptors (Lipinski definition) is 4. The Hall–Kier alpha value is -2.76. The van der Waals surface area contributed by atoms with E-state index in [1.807, 2.05) is 44.7 Å². The number of amides is 1. The quantitative estimate of drug-likeness (QED) is 0.890. The molecule has 1 amide bonds. The fraction of sp³-hybridized carbons (Fsp3) is 0.429. The van der Waals surface area contributed by atoms with Crippen LogP contribution in [0.3, 0.4) is 0 Å². The number of carboxylic acid groups (broad SMARTS) is 1. The number of likely N-dealkylation sites (tertiary alicyclic amines) is 1. The minimum absolute atomic E-state index is 0.101. The topological polar surface area (TPSA) is 83.4 Å². The molecular weight excluding hydrogens is 342 g/mol. The van der Waals surface area contributed by atoms with E-state index in [1.165, 1.54) is 0 Å². The van der Waals surface area contributed by atoms with Crippen LogP contribution in [0.4, 0.5) is 0 Å². The van der Waals surface area contributed by atoms with Crippen molar-refractivity contribution in [3.05, 3.63) is 47.4 Å². The molecule has 27 heavy (non-hydrogen) atoms. The molecule has 0 bridgehead atoms. The van der Waals surface area contributed by atoms with Crippen LogP contribution in [0.2, 0.25) is 0 Å². The van der Waals surface area contributed by atoms with E-state index in [9.17, 15) is 14.7 Å². The van der Waals surface area contributed by atoms with Crippen molar-refractivity contribution in [2.24, 2.45) is 5.41 Å². The van der Waals surface area contributed by atoms with Gasteiger partial charge in [0.25, 0.3) is 0 Å². The summed E-state index contributed by atoms with van der Waals surface area (Å²) >= 11 is 0. The SMILES string of the molecule is Cc1cc(-c2cccc(C(=O)O)c2)nc(C2CCCN2C(=O)C(C)(C)C)n1. The molecule has 1 unspecified atom stereocenters. The van der Waals surface area contributed by atoms with E-state index in [1.54, 1.807) is 18.2 Å². The van der Waals surface area contributed by atoms with Crippen molar-refractivity contribution in [2.45, 2.75) is 46.6 Å². The van der Waals surface area contributed by atoms with Gasteiger partial charge in [0.15, 0.2) is 5.82 Å². The zero-order valence-corrected chi connectivity index (χ0v) is 16.2. The van der Waals surface area contributed by atoms with Gasteiger partial charge in [-0.25, -0.2) is 14.8 Å². The molecule has 1 N–H and O–H groups in total. The summed E-state index contributed by atoms with van der Waals surface area (Å²) < 4.78 is 0. The van der Waals surface area contributed by atoms with Gasteiger partial charge in [-0.3, -0.25) is 4.79 Å². The highest BCUT2D eigenvalue weighted by Gasteiger charge is 2.37. The normalized spacial score (nSPS) is 17.2. The van der Waals surface area contributed by atoms with E-state index >= 15 is 0 Å². The lowest BCUT2D eigenvalue weighted by Gasteiger charge is -2.30. The number of aromatic nitrogens is 2. The molecular formula is C21H25N3O3. The van der Waals surface area contributed by atoms with Crippen LogP contribution in [-0.4, -0.2) is 38.4 Å². The Morgan fingerprint density at radius 3 is 2.59 bits per heavy atom. The highest BCUT2D eigenvalue weighted by atomic mass is 16.4. The van der Waals surface area contributed by atoms with E-state index in [0.29, 0.717) is 18.1 Å². The van der Waals surface area contributed by atoms with Gasteiger partial charge in [0.2, 0.25) is 5.91 Å². The zero-order chi connectivity index (χ0) is 19.8. The maximum atomic E-state index is 12.8. The smallest absolute Gasteiger partial charge is 0.335 e. The molecule has 2 heterocycles. The van der Waals surface area contributed by atoms with Crippen molar-refractivity contribution in [1.29, 1.82) is 0 Å². The lowest BCUT2D eigenvalue weighted by Crippen LogP contribution is -2.39. The summed E-state index contributed by atoms with van der Waals surface area (Å²) in [5.74, 6) is -0.244. The van der Waals surface area contributed by atoms with Gasteiger partial charge in [0.1, 0.15) is 0 Å². The van der Waals surface area contributed by atoms with Crippen LogP contribution < -0.4 is 0 Å². The van der Waals surface area contributed by atoms with E-state index in [0.717, 1.165) is 24.1 Å². The summed E-state index contributed by atoms with van der Waals surface area (Å²) in [6.07, 6.45) is 1.76. The average Bonchev–Trinajstić information content (AvgIpc) is 3.09. The second-order valence-electron chi connectivity index (χ2n) is 8.05. The van der Waals surface area contributed by atoms with E-state index in [-0.39, 0.29) is 17.5 Å². The third-order valence-corrected chi connectivity index (χ3v) is 4.73. The minimum atomic E-state index is -0.972. The van der Waals surface area contributed by atoms with Crippen LogP contribution in [-0.2, 0) is 4.79 Å². The summed E-state index contributed by atoms with van der Waals surface area (Å²) in [6.45, 7) is 8.36. The van der Waals surface area contributed by atoms with Gasteiger partial charge in [0.05, 0.1) is 17.3 Å². The summed E-state index contributed by atoms with van der Waals surface area (Å²) in [5, 5.41) is 9.23. The Labute approximate surface area is 159 Å². The molecule has 1 saturated heterocycles. The van der Waals surface area contributed by atoms with Gasteiger partial charge in [-0.1, -0.05) is 32.9 Å². The van der Waals surface area contributed by atoms with Crippen molar-refractivity contribution in [1.82, 2.24) is 14.9 Å². The number of benzene rings is 1. The second kappa shape index (κ2) is 7.10. The standard InChI is InChI=1S/C21H25N3O3/c1-13-11-16(14-7-5-8-15(12-14)19(25)26)23-18(22-13)17-9-6-10-24(17)20(27)21(2,3)4/h5,7-8,11-12,17H,6,9-10H2,1-4H3,(H,25,26). The van der Waals surface area contributed by atoms with Gasteiger partial charge >= 0.3 is 5.97 Å². The third kappa shape index (κ3) is 3.99. The number of hydrogen-bond donors (Lipinski definition) is 1. The van der Waals surface area contributed by atoms with E-state index in [2.05, 4.69) is 4.98 Å². The molecule has 1 aliphatic rings. The Bertz CT molecular complexity index is 886. The molecule has 2 aromatic rings. The molecule has 0 aliphatic carbocycles. The summed E-state index contributed by atoms with van der Waals surface area (Å²) in [5.41, 5.74) is 1.97. The summed E-state index contributed by atoms with van der Waals surface area (Å²) in [4.78, 5) is 35.3. The number of nitrogens with zero attached hydrogens (tertiary/aromatic N) is 3. The number of aryl methyl sites for hydroxylation is 1. The van der Waals surface area contributed by atoms with Crippen LogP contribution >= 0.6 is 0 Å². The lowest BCUT2D eigenvalue weighted by molar-refractivity contribution is -0.140. The largest absolute Gasteiger partial charge is 0.478 e. The van der Waals surface area contributed by atoms with Crippen molar-refractivity contribution in [2.75, 3.05) is 6.54 Å². The molecule has 142 valence electrons. The van der Waals surface area contributed by atoms with Crippen LogP contribution in [0.15, 0.2) is 30.3 Å². The van der Waals surface area contributed by atoms with Crippen molar-refractivity contribution >= 4 is 11.9 Å². The minimum Gasteiger partial charge on any atom is -0.478 e. The Morgan fingerprint density at radius 2 is 1.93 bits per heavy atom. The third-order valence-electron chi connectivity index (χ3n) is 4.73. The van der Waals surface area contributed by atoms with Gasteiger partial charge in [-0.05, 0) is 38.0 Å². The molecule has 6 heteroatoms. The summed E-state index contributed by atoms with van der Waals surface area (Å²) in [7, 11) is 0. The molecule has 0 radical (unpaired) electrons. The fourth-order valence-corrected chi connectivity index (χ4v) is 3.41. The predicted molar refractivity (Wildman–Crippen MR) is 102 cm³/mol. The molecule has 1 aliphatic heterocycles. The molecule has 6 nitrogen and oxygen atoms in total. The molecule has 0 saturated carbocycles. The molecule has 0 spiro atoms. The van der Waals surface area contributed by atoms with E-state index in [4.69, 9.17) is 4.98 Å². The molecule has 3 rings (SSSR count). The Balaban J connectivity index is 2.00. The Morgan fingerprint density at radius 1 is 1.19 bits per heavy atom. The van der Waals surface area contributed by atoms with Gasteiger partial charge in [0, 0.05) is 23.2 Å². The van der Waals surface area contributed by atoms with Crippen LogP contribution in [0.5, 0.6) is 0 Å². The Kier molecular flexibility index (Phi) is 5.00.